The van der Waals surface area contributed by atoms with E-state index in [1.54, 1.807) is 0 Å². The third-order valence-electron chi connectivity index (χ3n) is 8.41. The van der Waals surface area contributed by atoms with Gasteiger partial charge in [0.05, 0.1) is 11.0 Å². The predicted molar refractivity (Wildman–Crippen MR) is 186 cm³/mol. The molecule has 0 aliphatic rings. The first kappa shape index (κ1) is 25.8. The summed E-state index contributed by atoms with van der Waals surface area (Å²) >= 11 is 0. The number of para-hydroxylation sites is 3. The Labute approximate surface area is 257 Å². The quantitative estimate of drug-likeness (QED) is 0.196. The Morgan fingerprint density at radius 2 is 0.727 bits per heavy atom. The fourth-order valence-corrected chi connectivity index (χ4v) is 6.37. The molecule has 8 rings (SSSR count). The molecule has 0 spiro atoms. The van der Waals surface area contributed by atoms with Gasteiger partial charge in [0.2, 0.25) is 0 Å². The second-order valence-corrected chi connectivity index (χ2v) is 11.0. The lowest BCUT2D eigenvalue weighted by Gasteiger charge is -2.26. The number of fused-ring (bicyclic) bond motifs is 3. The highest BCUT2D eigenvalue weighted by Crippen LogP contribution is 2.38. The van der Waals surface area contributed by atoms with Gasteiger partial charge in [-0.25, -0.2) is 0 Å². The molecule has 2 heteroatoms. The van der Waals surface area contributed by atoms with Crippen LogP contribution in [0.3, 0.4) is 0 Å². The van der Waals surface area contributed by atoms with E-state index in [1.165, 1.54) is 44.1 Å². The summed E-state index contributed by atoms with van der Waals surface area (Å²) in [6.45, 7) is 0. The van der Waals surface area contributed by atoms with Crippen molar-refractivity contribution in [2.45, 2.75) is 0 Å². The van der Waals surface area contributed by atoms with E-state index >= 15 is 0 Å². The molecule has 0 amide bonds. The third-order valence-corrected chi connectivity index (χ3v) is 8.41. The standard InChI is InChI=1S/C42H30N2/c1-3-13-31(14-4-1)37-17-7-8-18-38(37)32-23-25-34(26-24-32)43(33-15-5-2-6-16-33)35-27-29-36(30-28-35)44-41-21-11-9-19-39(41)40-20-10-12-22-42(40)44/h1-30H. The van der Waals surface area contributed by atoms with Gasteiger partial charge < -0.3 is 9.47 Å². The summed E-state index contributed by atoms with van der Waals surface area (Å²) in [5.74, 6) is 0. The van der Waals surface area contributed by atoms with E-state index in [0.717, 1.165) is 22.7 Å². The van der Waals surface area contributed by atoms with E-state index in [0.29, 0.717) is 0 Å². The van der Waals surface area contributed by atoms with E-state index in [4.69, 9.17) is 0 Å². The van der Waals surface area contributed by atoms with Crippen LogP contribution in [0.15, 0.2) is 182 Å². The topological polar surface area (TPSA) is 8.17 Å². The van der Waals surface area contributed by atoms with Crippen LogP contribution in [0.4, 0.5) is 17.1 Å². The number of hydrogen-bond donors (Lipinski definition) is 0. The highest BCUT2D eigenvalue weighted by molar-refractivity contribution is 6.09. The number of anilines is 3. The van der Waals surface area contributed by atoms with Crippen molar-refractivity contribution < 1.29 is 0 Å². The summed E-state index contributed by atoms with van der Waals surface area (Å²) in [7, 11) is 0. The summed E-state index contributed by atoms with van der Waals surface area (Å²) in [5, 5.41) is 2.54. The van der Waals surface area contributed by atoms with E-state index < -0.39 is 0 Å². The maximum atomic E-state index is 2.36. The van der Waals surface area contributed by atoms with Gasteiger partial charge in [0, 0.05) is 33.5 Å². The van der Waals surface area contributed by atoms with Gasteiger partial charge in [0.15, 0.2) is 0 Å². The molecular weight excluding hydrogens is 532 g/mol. The first-order valence-electron chi connectivity index (χ1n) is 15.0. The van der Waals surface area contributed by atoms with E-state index in [2.05, 4.69) is 191 Å². The minimum atomic E-state index is 1.11. The Balaban J connectivity index is 1.19. The minimum absolute atomic E-state index is 1.11. The average Bonchev–Trinajstić information content (AvgIpc) is 3.44. The maximum absolute atomic E-state index is 2.36. The van der Waals surface area contributed by atoms with Crippen LogP contribution in [0.2, 0.25) is 0 Å². The second kappa shape index (κ2) is 11.1. The van der Waals surface area contributed by atoms with Gasteiger partial charge in [-0.1, -0.05) is 121 Å². The normalized spacial score (nSPS) is 11.2. The molecule has 0 bridgehead atoms. The molecule has 8 aromatic rings. The fraction of sp³-hybridized carbons (Fsp3) is 0. The first-order valence-corrected chi connectivity index (χ1v) is 15.0. The Hall–Kier alpha value is -5.86. The molecule has 0 saturated heterocycles. The minimum Gasteiger partial charge on any atom is -0.311 e. The Morgan fingerprint density at radius 3 is 1.30 bits per heavy atom. The molecule has 1 aromatic heterocycles. The van der Waals surface area contributed by atoms with Crippen LogP contribution in [-0.2, 0) is 0 Å². The number of hydrogen-bond acceptors (Lipinski definition) is 1. The van der Waals surface area contributed by atoms with Gasteiger partial charge in [-0.05, 0) is 82.9 Å². The van der Waals surface area contributed by atoms with Crippen LogP contribution in [0.5, 0.6) is 0 Å². The second-order valence-electron chi connectivity index (χ2n) is 11.0. The summed E-state index contributed by atoms with van der Waals surface area (Å²) in [4.78, 5) is 2.32. The zero-order chi connectivity index (χ0) is 29.3. The van der Waals surface area contributed by atoms with Crippen molar-refractivity contribution in [2.24, 2.45) is 0 Å². The Bertz CT molecular complexity index is 2140. The average molecular weight is 563 g/mol. The van der Waals surface area contributed by atoms with Crippen LogP contribution in [-0.4, -0.2) is 4.57 Å². The zero-order valence-corrected chi connectivity index (χ0v) is 24.2. The molecule has 0 saturated carbocycles. The number of nitrogens with zero attached hydrogens (tertiary/aromatic N) is 2. The summed E-state index contributed by atoms with van der Waals surface area (Å²) in [5.41, 5.74) is 11.8. The van der Waals surface area contributed by atoms with Crippen LogP contribution >= 0.6 is 0 Å². The molecule has 1 heterocycles. The SMILES string of the molecule is c1ccc(-c2ccccc2-c2ccc(N(c3ccccc3)c3ccc(-n4c5ccccc5c5ccccc54)cc3)cc2)cc1. The van der Waals surface area contributed by atoms with Gasteiger partial charge in [-0.3, -0.25) is 0 Å². The van der Waals surface area contributed by atoms with Gasteiger partial charge in [0.1, 0.15) is 0 Å². The Morgan fingerprint density at radius 1 is 0.318 bits per heavy atom. The molecule has 208 valence electrons. The van der Waals surface area contributed by atoms with Crippen LogP contribution in [0.1, 0.15) is 0 Å². The lowest BCUT2D eigenvalue weighted by molar-refractivity contribution is 1.17. The molecule has 2 nitrogen and oxygen atoms in total. The third kappa shape index (κ3) is 4.54. The molecule has 44 heavy (non-hydrogen) atoms. The van der Waals surface area contributed by atoms with Crippen molar-refractivity contribution >= 4 is 38.9 Å². The first-order chi connectivity index (χ1) is 21.8. The number of rotatable bonds is 6. The van der Waals surface area contributed by atoms with E-state index in [-0.39, 0.29) is 0 Å². The molecular formula is C42H30N2. The highest BCUT2D eigenvalue weighted by Gasteiger charge is 2.15. The molecule has 0 N–H and O–H groups in total. The highest BCUT2D eigenvalue weighted by atomic mass is 15.1. The summed E-state index contributed by atoms with van der Waals surface area (Å²) < 4.78 is 2.36. The van der Waals surface area contributed by atoms with Crippen molar-refractivity contribution in [2.75, 3.05) is 4.90 Å². The van der Waals surface area contributed by atoms with Gasteiger partial charge in [0.25, 0.3) is 0 Å². The van der Waals surface area contributed by atoms with Crippen molar-refractivity contribution in [3.63, 3.8) is 0 Å². The van der Waals surface area contributed by atoms with Gasteiger partial charge in [-0.2, -0.15) is 0 Å². The molecule has 0 radical (unpaired) electrons. The van der Waals surface area contributed by atoms with E-state index in [1.807, 2.05) is 0 Å². The number of benzene rings is 7. The molecule has 0 aliphatic heterocycles. The smallest absolute Gasteiger partial charge is 0.0541 e. The van der Waals surface area contributed by atoms with Crippen LogP contribution in [0, 0.1) is 0 Å². The van der Waals surface area contributed by atoms with Crippen molar-refractivity contribution in [3.8, 4) is 27.9 Å². The molecule has 0 atom stereocenters. The monoisotopic (exact) mass is 562 g/mol. The van der Waals surface area contributed by atoms with Gasteiger partial charge >= 0.3 is 0 Å². The molecule has 7 aromatic carbocycles. The lowest BCUT2D eigenvalue weighted by atomic mass is 9.94. The predicted octanol–water partition coefficient (Wildman–Crippen LogP) is 11.6. The lowest BCUT2D eigenvalue weighted by Crippen LogP contribution is -2.10. The maximum Gasteiger partial charge on any atom is 0.0541 e. The zero-order valence-electron chi connectivity index (χ0n) is 24.2. The van der Waals surface area contributed by atoms with Crippen molar-refractivity contribution in [1.29, 1.82) is 0 Å². The largest absolute Gasteiger partial charge is 0.311 e. The van der Waals surface area contributed by atoms with Crippen LogP contribution < -0.4 is 4.90 Å². The van der Waals surface area contributed by atoms with Gasteiger partial charge in [-0.15, -0.1) is 0 Å². The van der Waals surface area contributed by atoms with Crippen molar-refractivity contribution in [1.82, 2.24) is 4.57 Å². The summed E-state index contributed by atoms with van der Waals surface area (Å²) in [6.07, 6.45) is 0. The van der Waals surface area contributed by atoms with Crippen LogP contribution in [0.25, 0.3) is 49.7 Å². The number of aromatic nitrogens is 1. The summed E-state index contributed by atoms with van der Waals surface area (Å²) in [6, 6.07) is 65.0. The Kier molecular flexibility index (Phi) is 6.51. The van der Waals surface area contributed by atoms with Crippen molar-refractivity contribution in [3.05, 3.63) is 182 Å². The fourth-order valence-electron chi connectivity index (χ4n) is 6.37. The molecule has 0 unspecified atom stereocenters. The molecule has 0 fully saturated rings. The molecule has 0 aliphatic carbocycles. The van der Waals surface area contributed by atoms with E-state index in [9.17, 15) is 0 Å².